The molecule has 0 spiro atoms. The van der Waals surface area contributed by atoms with Crippen LogP contribution in [-0.4, -0.2) is 15.0 Å². The molecule has 27 heavy (non-hydrogen) atoms. The van der Waals surface area contributed by atoms with Crippen LogP contribution in [0.15, 0.2) is 60.8 Å². The van der Waals surface area contributed by atoms with Crippen LogP contribution in [0.5, 0.6) is 0 Å². The minimum atomic E-state index is 0.471. The van der Waals surface area contributed by atoms with E-state index in [1.165, 1.54) is 30.4 Å². The van der Waals surface area contributed by atoms with Crippen molar-refractivity contribution in [3.63, 3.8) is 0 Å². The maximum atomic E-state index is 4.53. The van der Waals surface area contributed by atoms with Crippen LogP contribution in [-0.2, 0) is 0 Å². The van der Waals surface area contributed by atoms with Gasteiger partial charge in [-0.2, -0.15) is 0 Å². The molecule has 1 aliphatic rings. The zero-order valence-electron chi connectivity index (χ0n) is 16.5. The Morgan fingerprint density at radius 2 is 1.56 bits per heavy atom. The van der Waals surface area contributed by atoms with Crippen LogP contribution in [0.2, 0.25) is 0 Å². The first-order valence-electron chi connectivity index (χ1n) is 10.2. The molecule has 1 heterocycles. The number of hydrogen-bond donors (Lipinski definition) is 0. The third-order valence-corrected chi connectivity index (χ3v) is 6.13. The normalized spacial score (nSPS) is 22.9. The van der Waals surface area contributed by atoms with Gasteiger partial charge < -0.3 is 0 Å². The van der Waals surface area contributed by atoms with Gasteiger partial charge in [0.1, 0.15) is 5.69 Å². The fraction of sp³-hybridized carbons (Fsp3) is 0.417. The average molecular weight is 360 g/mol. The first-order chi connectivity index (χ1) is 13.1. The average Bonchev–Trinajstić information content (AvgIpc) is 3.18. The van der Waals surface area contributed by atoms with Crippen LogP contribution in [0.25, 0.3) is 22.4 Å². The molecule has 1 saturated carbocycles. The van der Waals surface area contributed by atoms with Crippen molar-refractivity contribution in [3.05, 3.63) is 60.8 Å². The van der Waals surface area contributed by atoms with Crippen LogP contribution in [0.4, 0.5) is 0 Å². The van der Waals surface area contributed by atoms with E-state index in [1.807, 2.05) is 6.07 Å². The number of aromatic nitrogens is 3. The summed E-state index contributed by atoms with van der Waals surface area (Å²) in [7, 11) is 0. The molecule has 1 aliphatic carbocycles. The monoisotopic (exact) mass is 359 g/mol. The maximum absolute atomic E-state index is 4.53. The van der Waals surface area contributed by atoms with Crippen LogP contribution >= 0.6 is 0 Å². The largest absolute Gasteiger partial charge is 0.249 e. The van der Waals surface area contributed by atoms with Crippen molar-refractivity contribution in [3.8, 4) is 22.4 Å². The van der Waals surface area contributed by atoms with Gasteiger partial charge in [0.05, 0.1) is 12.2 Å². The number of rotatable bonds is 4. The molecule has 0 unspecified atom stereocenters. The molecule has 3 atom stereocenters. The van der Waals surface area contributed by atoms with E-state index < -0.39 is 0 Å². The number of nitrogens with zero attached hydrogens (tertiary/aromatic N) is 3. The van der Waals surface area contributed by atoms with Gasteiger partial charge in [0, 0.05) is 5.56 Å². The SMILES string of the molecule is CC(C)[C@@H]1CC[C@@H](C)C[C@H]1n1cc(-c2ccc(-c3ccccc3)cc2)nn1. The number of benzene rings is 2. The summed E-state index contributed by atoms with van der Waals surface area (Å²) < 4.78 is 2.14. The molecule has 0 bridgehead atoms. The molecule has 3 aromatic rings. The molecule has 0 saturated heterocycles. The van der Waals surface area contributed by atoms with Gasteiger partial charge >= 0.3 is 0 Å². The Bertz CT molecular complexity index is 864. The summed E-state index contributed by atoms with van der Waals surface area (Å²) in [5.41, 5.74) is 4.57. The van der Waals surface area contributed by atoms with E-state index in [4.69, 9.17) is 0 Å². The molecular formula is C24H29N3. The van der Waals surface area contributed by atoms with Crippen LogP contribution in [0, 0.1) is 17.8 Å². The summed E-state index contributed by atoms with van der Waals surface area (Å²) in [5.74, 6) is 2.14. The summed E-state index contributed by atoms with van der Waals surface area (Å²) in [6.45, 7) is 7.05. The highest BCUT2D eigenvalue weighted by atomic mass is 15.4. The van der Waals surface area contributed by atoms with Gasteiger partial charge in [-0.25, -0.2) is 4.68 Å². The topological polar surface area (TPSA) is 30.7 Å². The van der Waals surface area contributed by atoms with Crippen molar-refractivity contribution in [2.24, 2.45) is 17.8 Å². The lowest BCUT2D eigenvalue weighted by Gasteiger charge is -2.37. The predicted molar refractivity (Wildman–Crippen MR) is 111 cm³/mol. The molecule has 140 valence electrons. The van der Waals surface area contributed by atoms with E-state index >= 15 is 0 Å². The Morgan fingerprint density at radius 1 is 0.889 bits per heavy atom. The second-order valence-electron chi connectivity index (χ2n) is 8.42. The second-order valence-corrected chi connectivity index (χ2v) is 8.42. The molecule has 1 fully saturated rings. The van der Waals surface area contributed by atoms with Crippen molar-refractivity contribution in [2.45, 2.75) is 46.1 Å². The smallest absolute Gasteiger partial charge is 0.113 e. The Kier molecular flexibility index (Phi) is 5.11. The fourth-order valence-electron chi connectivity index (χ4n) is 4.49. The van der Waals surface area contributed by atoms with Gasteiger partial charge in [-0.3, -0.25) is 0 Å². The Labute approximate surface area is 162 Å². The zero-order chi connectivity index (χ0) is 18.8. The molecule has 3 heteroatoms. The van der Waals surface area contributed by atoms with Crippen molar-refractivity contribution >= 4 is 0 Å². The van der Waals surface area contributed by atoms with Crippen LogP contribution in [0.1, 0.15) is 46.1 Å². The quantitative estimate of drug-likeness (QED) is 0.551. The Morgan fingerprint density at radius 3 is 2.26 bits per heavy atom. The van der Waals surface area contributed by atoms with E-state index in [0.29, 0.717) is 17.9 Å². The Hall–Kier alpha value is -2.42. The lowest BCUT2D eigenvalue weighted by molar-refractivity contribution is 0.137. The molecule has 0 aliphatic heterocycles. The number of hydrogen-bond acceptors (Lipinski definition) is 2. The summed E-state index contributed by atoms with van der Waals surface area (Å²) in [4.78, 5) is 0. The minimum absolute atomic E-state index is 0.471. The van der Waals surface area contributed by atoms with E-state index in [9.17, 15) is 0 Å². The van der Waals surface area contributed by atoms with E-state index in [-0.39, 0.29) is 0 Å². The first kappa shape index (κ1) is 18.0. The third-order valence-electron chi connectivity index (χ3n) is 6.13. The van der Waals surface area contributed by atoms with E-state index in [1.54, 1.807) is 0 Å². The highest BCUT2D eigenvalue weighted by Gasteiger charge is 2.32. The highest BCUT2D eigenvalue weighted by molar-refractivity contribution is 5.68. The van der Waals surface area contributed by atoms with Crippen molar-refractivity contribution in [1.29, 1.82) is 0 Å². The lowest BCUT2D eigenvalue weighted by Crippen LogP contribution is -2.30. The van der Waals surface area contributed by atoms with E-state index in [0.717, 1.165) is 17.2 Å². The predicted octanol–water partition coefficient (Wildman–Crippen LogP) is 6.25. The van der Waals surface area contributed by atoms with Gasteiger partial charge in [0.25, 0.3) is 0 Å². The molecular weight excluding hydrogens is 330 g/mol. The Balaban J connectivity index is 1.57. The lowest BCUT2D eigenvalue weighted by atomic mass is 9.74. The van der Waals surface area contributed by atoms with Crippen molar-refractivity contribution < 1.29 is 0 Å². The van der Waals surface area contributed by atoms with Gasteiger partial charge in [-0.05, 0) is 41.7 Å². The van der Waals surface area contributed by atoms with E-state index in [2.05, 4.69) is 90.5 Å². The van der Waals surface area contributed by atoms with Crippen molar-refractivity contribution in [1.82, 2.24) is 15.0 Å². The summed E-state index contributed by atoms with van der Waals surface area (Å²) in [6.07, 6.45) is 5.99. The molecule has 0 N–H and O–H groups in total. The molecule has 0 radical (unpaired) electrons. The standard InChI is InChI=1S/C24H29N3/c1-17(2)22-14-9-18(3)15-24(22)27-16-23(25-26-27)21-12-10-20(11-13-21)19-7-5-4-6-8-19/h4-8,10-13,16-18,22,24H,9,14-15H2,1-3H3/t18-,22+,24-/m1/s1. The maximum Gasteiger partial charge on any atom is 0.113 e. The fourth-order valence-corrected chi connectivity index (χ4v) is 4.49. The summed E-state index contributed by atoms with van der Waals surface area (Å²) >= 11 is 0. The van der Waals surface area contributed by atoms with Gasteiger partial charge in [0.2, 0.25) is 0 Å². The summed E-state index contributed by atoms with van der Waals surface area (Å²) in [6, 6.07) is 19.6. The van der Waals surface area contributed by atoms with Gasteiger partial charge in [-0.1, -0.05) is 87.0 Å². The second kappa shape index (κ2) is 7.67. The van der Waals surface area contributed by atoms with Crippen LogP contribution in [0.3, 0.4) is 0 Å². The summed E-state index contributed by atoms with van der Waals surface area (Å²) in [5, 5.41) is 9.03. The minimum Gasteiger partial charge on any atom is -0.249 e. The molecule has 1 aromatic heterocycles. The molecule has 4 rings (SSSR count). The van der Waals surface area contributed by atoms with Gasteiger partial charge in [-0.15, -0.1) is 5.10 Å². The molecule has 2 aromatic carbocycles. The molecule has 3 nitrogen and oxygen atoms in total. The highest BCUT2D eigenvalue weighted by Crippen LogP contribution is 2.41. The van der Waals surface area contributed by atoms with Crippen molar-refractivity contribution in [2.75, 3.05) is 0 Å². The van der Waals surface area contributed by atoms with Crippen LogP contribution < -0.4 is 0 Å². The van der Waals surface area contributed by atoms with Gasteiger partial charge in [0.15, 0.2) is 0 Å². The third kappa shape index (κ3) is 3.83. The molecule has 0 amide bonds. The zero-order valence-corrected chi connectivity index (χ0v) is 16.5. The first-order valence-corrected chi connectivity index (χ1v) is 10.2.